The molecule has 0 aliphatic heterocycles. The molecule has 1 aromatic rings. The van der Waals surface area contributed by atoms with Gasteiger partial charge in [0.05, 0.1) is 12.2 Å². The second-order valence-electron chi connectivity index (χ2n) is 3.58. The second-order valence-corrected chi connectivity index (χ2v) is 3.94. The van der Waals surface area contributed by atoms with Crippen LogP contribution in [-0.2, 0) is 4.79 Å². The van der Waals surface area contributed by atoms with E-state index in [0.717, 1.165) is 5.56 Å². The molecular weight excluding hydrogens is 214 g/mol. The lowest BCUT2D eigenvalue weighted by atomic mass is 10.2. The van der Waals surface area contributed by atoms with E-state index in [9.17, 15) is 4.79 Å². The van der Waals surface area contributed by atoms with Crippen molar-refractivity contribution in [2.45, 2.75) is 6.92 Å². The van der Waals surface area contributed by atoms with E-state index in [4.69, 9.17) is 11.6 Å². The summed E-state index contributed by atoms with van der Waals surface area (Å²) in [6.45, 7) is 2.20. The van der Waals surface area contributed by atoms with E-state index in [0.29, 0.717) is 17.4 Å². The summed E-state index contributed by atoms with van der Waals surface area (Å²) in [5.74, 6) is -0.0991. The van der Waals surface area contributed by atoms with Gasteiger partial charge in [0.2, 0.25) is 5.91 Å². The van der Waals surface area contributed by atoms with Crippen LogP contribution in [0.25, 0.3) is 0 Å². The highest BCUT2D eigenvalue weighted by atomic mass is 35.5. The summed E-state index contributed by atoms with van der Waals surface area (Å²) < 4.78 is 0. The number of hydrogen-bond donors (Lipinski definition) is 1. The van der Waals surface area contributed by atoms with Crippen molar-refractivity contribution < 1.29 is 4.79 Å². The molecule has 0 unspecified atom stereocenters. The zero-order valence-electron chi connectivity index (χ0n) is 9.04. The first-order valence-electron chi connectivity index (χ1n) is 4.56. The molecule has 1 N–H and O–H groups in total. The molecule has 0 saturated carbocycles. The first kappa shape index (κ1) is 11.9. The monoisotopic (exact) mass is 227 g/mol. The smallest absolute Gasteiger partial charge is 0.238 e. The fourth-order valence-corrected chi connectivity index (χ4v) is 1.39. The summed E-state index contributed by atoms with van der Waals surface area (Å²) in [5.41, 5.74) is 1.49. The number of aromatic nitrogens is 1. The molecule has 1 aromatic heterocycles. The van der Waals surface area contributed by atoms with Gasteiger partial charge in [-0.3, -0.25) is 4.79 Å². The van der Waals surface area contributed by atoms with Crippen LogP contribution >= 0.6 is 11.6 Å². The summed E-state index contributed by atoms with van der Waals surface area (Å²) >= 11 is 5.87. The fraction of sp³-hybridized carbons (Fsp3) is 0.400. The predicted molar refractivity (Wildman–Crippen MR) is 61.2 cm³/mol. The third kappa shape index (κ3) is 3.49. The summed E-state index contributed by atoms with van der Waals surface area (Å²) in [6.07, 6.45) is 1.61. The van der Waals surface area contributed by atoms with Gasteiger partial charge < -0.3 is 10.2 Å². The zero-order valence-corrected chi connectivity index (χ0v) is 9.80. The molecule has 0 radical (unpaired) electrons. The van der Waals surface area contributed by atoms with E-state index in [1.54, 1.807) is 17.2 Å². The first-order chi connectivity index (χ1) is 7.00. The van der Waals surface area contributed by atoms with E-state index < -0.39 is 0 Å². The minimum atomic E-state index is -0.0991. The second kappa shape index (κ2) is 5.09. The van der Waals surface area contributed by atoms with Gasteiger partial charge in [0.1, 0.15) is 0 Å². The van der Waals surface area contributed by atoms with Gasteiger partial charge in [-0.2, -0.15) is 0 Å². The van der Waals surface area contributed by atoms with Crippen molar-refractivity contribution in [3.05, 3.63) is 23.0 Å². The summed E-state index contributed by atoms with van der Waals surface area (Å²) in [5, 5.41) is 3.06. The summed E-state index contributed by atoms with van der Waals surface area (Å²) in [7, 11) is 3.66. The number of carbonyl (C=O) groups is 1. The first-order valence-corrected chi connectivity index (χ1v) is 4.94. The van der Waals surface area contributed by atoms with Gasteiger partial charge in [0, 0.05) is 6.20 Å². The minimum Gasteiger partial charge on any atom is -0.322 e. The fourth-order valence-electron chi connectivity index (χ4n) is 1.14. The van der Waals surface area contributed by atoms with E-state index in [2.05, 4.69) is 10.3 Å². The number of amides is 1. The third-order valence-corrected chi connectivity index (χ3v) is 2.12. The summed E-state index contributed by atoms with van der Waals surface area (Å²) in [6, 6.07) is 1.80. The molecule has 0 fully saturated rings. The Bertz CT molecular complexity index is 345. The van der Waals surface area contributed by atoms with Crippen LogP contribution in [0.1, 0.15) is 5.56 Å². The molecule has 1 heterocycles. The number of aryl methyl sites for hydroxylation is 1. The lowest BCUT2D eigenvalue weighted by molar-refractivity contribution is -0.116. The Hall–Kier alpha value is -1.13. The molecule has 0 aromatic carbocycles. The Morgan fingerprint density at radius 1 is 1.60 bits per heavy atom. The maximum atomic E-state index is 11.5. The molecule has 0 saturated heterocycles. The predicted octanol–water partition coefficient (Wildman–Crippen LogP) is 1.54. The third-order valence-electron chi connectivity index (χ3n) is 1.84. The van der Waals surface area contributed by atoms with Crippen LogP contribution in [0, 0.1) is 6.92 Å². The largest absolute Gasteiger partial charge is 0.322 e. The lowest BCUT2D eigenvalue weighted by Crippen LogP contribution is -2.27. The Labute approximate surface area is 94.3 Å². The van der Waals surface area contributed by atoms with Crippen LogP contribution in [-0.4, -0.2) is 36.4 Å². The maximum Gasteiger partial charge on any atom is 0.238 e. The number of hydrogen-bond acceptors (Lipinski definition) is 3. The lowest BCUT2D eigenvalue weighted by Gasteiger charge is -2.12. The molecule has 15 heavy (non-hydrogen) atoms. The molecule has 0 spiro atoms. The molecule has 4 nitrogen and oxygen atoms in total. The molecular formula is C10H14ClN3O. The Morgan fingerprint density at radius 2 is 2.27 bits per heavy atom. The van der Waals surface area contributed by atoms with Gasteiger partial charge >= 0.3 is 0 Å². The Kier molecular flexibility index (Phi) is 4.05. The zero-order chi connectivity index (χ0) is 11.4. The number of carbonyl (C=O) groups excluding carboxylic acids is 1. The van der Waals surface area contributed by atoms with E-state index in [1.165, 1.54) is 0 Å². The molecule has 1 amide bonds. The number of anilines is 1. The number of nitrogens with one attached hydrogen (secondary N) is 1. The van der Waals surface area contributed by atoms with Crippen LogP contribution in [0.5, 0.6) is 0 Å². The van der Waals surface area contributed by atoms with Gasteiger partial charge in [0.15, 0.2) is 5.15 Å². The van der Waals surface area contributed by atoms with Crippen molar-refractivity contribution in [1.29, 1.82) is 0 Å². The minimum absolute atomic E-state index is 0.0991. The van der Waals surface area contributed by atoms with Crippen LogP contribution in [0.2, 0.25) is 5.15 Å². The van der Waals surface area contributed by atoms with Crippen LogP contribution in [0.3, 0.4) is 0 Å². The van der Waals surface area contributed by atoms with Gasteiger partial charge in [0.25, 0.3) is 0 Å². The van der Waals surface area contributed by atoms with Crippen molar-refractivity contribution in [2.75, 3.05) is 26.0 Å². The number of pyridine rings is 1. The normalized spacial score (nSPS) is 10.5. The van der Waals surface area contributed by atoms with Crippen molar-refractivity contribution >= 4 is 23.2 Å². The highest BCUT2D eigenvalue weighted by Crippen LogP contribution is 2.22. The quantitative estimate of drug-likeness (QED) is 0.797. The number of likely N-dealkylation sites (N-methyl/N-ethyl adjacent to an activating group) is 1. The molecule has 82 valence electrons. The van der Waals surface area contributed by atoms with Crippen molar-refractivity contribution in [2.24, 2.45) is 0 Å². The Morgan fingerprint density at radius 3 is 2.80 bits per heavy atom. The highest BCUT2D eigenvalue weighted by Gasteiger charge is 2.09. The van der Waals surface area contributed by atoms with Crippen molar-refractivity contribution in [3.63, 3.8) is 0 Å². The summed E-state index contributed by atoms with van der Waals surface area (Å²) in [4.78, 5) is 17.2. The van der Waals surface area contributed by atoms with E-state index >= 15 is 0 Å². The number of nitrogens with zero attached hydrogens (tertiary/aromatic N) is 2. The molecule has 1 rings (SSSR count). The van der Waals surface area contributed by atoms with Gasteiger partial charge in [-0.25, -0.2) is 4.98 Å². The number of halogens is 1. The molecule has 0 bridgehead atoms. The Balaban J connectivity index is 2.76. The molecule has 0 aliphatic carbocycles. The van der Waals surface area contributed by atoms with E-state index in [-0.39, 0.29) is 5.91 Å². The number of rotatable bonds is 3. The topological polar surface area (TPSA) is 45.2 Å². The van der Waals surface area contributed by atoms with Crippen molar-refractivity contribution in [3.8, 4) is 0 Å². The molecule has 5 heteroatoms. The highest BCUT2D eigenvalue weighted by molar-refractivity contribution is 6.32. The van der Waals surface area contributed by atoms with Gasteiger partial charge in [-0.05, 0) is 32.6 Å². The molecule has 0 atom stereocenters. The van der Waals surface area contributed by atoms with Crippen LogP contribution in [0.4, 0.5) is 5.69 Å². The van der Waals surface area contributed by atoms with Crippen LogP contribution < -0.4 is 5.32 Å². The van der Waals surface area contributed by atoms with E-state index in [1.807, 2.05) is 21.0 Å². The van der Waals surface area contributed by atoms with Crippen LogP contribution in [0.15, 0.2) is 12.3 Å². The maximum absolute atomic E-state index is 11.5. The standard InChI is InChI=1S/C10H14ClN3O/c1-7-4-5-12-10(11)9(7)13-8(15)6-14(2)3/h4-5H,6H2,1-3H3,(H,13,15). The average Bonchev–Trinajstić information content (AvgIpc) is 2.10. The van der Waals surface area contributed by atoms with Gasteiger partial charge in [-0.1, -0.05) is 11.6 Å². The van der Waals surface area contributed by atoms with Crippen molar-refractivity contribution in [1.82, 2.24) is 9.88 Å². The molecule has 0 aliphatic rings. The van der Waals surface area contributed by atoms with Gasteiger partial charge in [-0.15, -0.1) is 0 Å². The SMILES string of the molecule is Cc1ccnc(Cl)c1NC(=O)CN(C)C. The average molecular weight is 228 g/mol.